The summed E-state index contributed by atoms with van der Waals surface area (Å²) in [7, 11) is 0. The lowest BCUT2D eigenvalue weighted by Gasteiger charge is -2.46. The maximum atomic E-state index is 5.57. The predicted octanol–water partition coefficient (Wildman–Crippen LogP) is 2.41. The standard InChI is InChI=1S/C16H32N2O2.ClH/c1-5-17(6-2)13-16(9-14-11-19-14,10-15-12-20-15)18(7-3)8-4;/h14-15H,5-13H2,1-4H3;1H. The van der Waals surface area contributed by atoms with Crippen LogP contribution in [0.5, 0.6) is 0 Å². The molecule has 2 unspecified atom stereocenters. The van der Waals surface area contributed by atoms with Gasteiger partial charge in [0.25, 0.3) is 0 Å². The third-order valence-corrected chi connectivity index (χ3v) is 4.87. The van der Waals surface area contributed by atoms with Crippen molar-refractivity contribution >= 4 is 12.4 Å². The van der Waals surface area contributed by atoms with Crippen LogP contribution in [0.3, 0.4) is 0 Å². The molecule has 0 aromatic rings. The van der Waals surface area contributed by atoms with Gasteiger partial charge in [0.15, 0.2) is 0 Å². The van der Waals surface area contributed by atoms with Crippen molar-refractivity contribution in [2.24, 2.45) is 0 Å². The first-order valence-electron chi connectivity index (χ1n) is 8.38. The van der Waals surface area contributed by atoms with Crippen molar-refractivity contribution in [3.05, 3.63) is 0 Å². The van der Waals surface area contributed by atoms with E-state index in [4.69, 9.17) is 9.47 Å². The number of epoxide rings is 2. The molecular weight excluding hydrogens is 288 g/mol. The Kier molecular flexibility index (Phi) is 7.93. The van der Waals surface area contributed by atoms with E-state index in [9.17, 15) is 0 Å². The molecule has 0 aromatic heterocycles. The fourth-order valence-electron chi connectivity index (χ4n) is 3.55. The number of nitrogens with zero attached hydrogens (tertiary/aromatic N) is 2. The molecule has 2 fully saturated rings. The van der Waals surface area contributed by atoms with Crippen LogP contribution in [0.1, 0.15) is 40.5 Å². The Bertz CT molecular complexity index is 274. The Labute approximate surface area is 136 Å². The zero-order valence-corrected chi connectivity index (χ0v) is 15.0. The molecule has 0 saturated carbocycles. The highest BCUT2D eigenvalue weighted by Crippen LogP contribution is 2.36. The first kappa shape index (κ1) is 19.2. The van der Waals surface area contributed by atoms with E-state index in [0.29, 0.717) is 12.2 Å². The van der Waals surface area contributed by atoms with Gasteiger partial charge in [0.05, 0.1) is 25.4 Å². The van der Waals surface area contributed by atoms with Crippen molar-refractivity contribution in [3.8, 4) is 0 Å². The number of likely N-dealkylation sites (N-methyl/N-ethyl adjacent to an activating group) is 2. The third kappa shape index (κ3) is 5.36. The van der Waals surface area contributed by atoms with Crippen LogP contribution < -0.4 is 0 Å². The van der Waals surface area contributed by atoms with Crippen molar-refractivity contribution in [1.82, 2.24) is 9.80 Å². The van der Waals surface area contributed by atoms with Crippen LogP contribution in [0.25, 0.3) is 0 Å². The molecule has 126 valence electrons. The topological polar surface area (TPSA) is 31.5 Å². The van der Waals surface area contributed by atoms with Crippen molar-refractivity contribution in [2.75, 3.05) is 45.9 Å². The normalized spacial score (nSPS) is 26.6. The van der Waals surface area contributed by atoms with E-state index >= 15 is 0 Å². The minimum Gasteiger partial charge on any atom is -0.373 e. The molecule has 2 aliphatic rings. The summed E-state index contributed by atoms with van der Waals surface area (Å²) in [4.78, 5) is 5.21. The predicted molar refractivity (Wildman–Crippen MR) is 89.4 cm³/mol. The molecule has 2 atom stereocenters. The second-order valence-corrected chi connectivity index (χ2v) is 6.18. The average molecular weight is 321 g/mol. The molecule has 2 heterocycles. The van der Waals surface area contributed by atoms with Crippen LogP contribution in [-0.4, -0.2) is 73.5 Å². The van der Waals surface area contributed by atoms with Gasteiger partial charge in [-0.05, 0) is 39.0 Å². The second kappa shape index (κ2) is 8.68. The number of hydrogen-bond donors (Lipinski definition) is 0. The molecule has 5 heteroatoms. The molecule has 21 heavy (non-hydrogen) atoms. The molecule has 0 N–H and O–H groups in total. The van der Waals surface area contributed by atoms with Crippen LogP contribution in [0.4, 0.5) is 0 Å². The molecule has 0 aliphatic carbocycles. The van der Waals surface area contributed by atoms with Crippen LogP contribution in [0, 0.1) is 0 Å². The first-order valence-corrected chi connectivity index (χ1v) is 8.38. The fraction of sp³-hybridized carbons (Fsp3) is 1.00. The summed E-state index contributed by atoms with van der Waals surface area (Å²) in [5.41, 5.74) is 0.220. The maximum absolute atomic E-state index is 5.57. The van der Waals surface area contributed by atoms with Crippen molar-refractivity contribution in [2.45, 2.75) is 58.3 Å². The highest BCUT2D eigenvalue weighted by atomic mass is 35.5. The third-order valence-electron chi connectivity index (χ3n) is 4.87. The molecule has 0 radical (unpaired) electrons. The zero-order chi connectivity index (χ0) is 14.6. The number of hydrogen-bond acceptors (Lipinski definition) is 4. The van der Waals surface area contributed by atoms with Crippen molar-refractivity contribution < 1.29 is 9.47 Å². The number of halogens is 1. The molecular formula is C16H33ClN2O2. The lowest BCUT2D eigenvalue weighted by Crippen LogP contribution is -2.57. The second-order valence-electron chi connectivity index (χ2n) is 6.18. The smallest absolute Gasteiger partial charge is 0.0828 e. The molecule has 4 nitrogen and oxygen atoms in total. The van der Waals surface area contributed by atoms with E-state index in [1.54, 1.807) is 0 Å². The largest absolute Gasteiger partial charge is 0.373 e. The van der Waals surface area contributed by atoms with Gasteiger partial charge in [-0.15, -0.1) is 12.4 Å². The summed E-state index contributed by atoms with van der Waals surface area (Å²) in [6.07, 6.45) is 3.27. The Morgan fingerprint density at radius 1 is 0.857 bits per heavy atom. The Balaban J connectivity index is 0.00000220. The van der Waals surface area contributed by atoms with E-state index in [-0.39, 0.29) is 17.9 Å². The maximum Gasteiger partial charge on any atom is 0.0828 e. The minimum absolute atomic E-state index is 0. The summed E-state index contributed by atoms with van der Waals surface area (Å²) < 4.78 is 11.1. The van der Waals surface area contributed by atoms with E-state index in [1.165, 1.54) is 0 Å². The lowest BCUT2D eigenvalue weighted by molar-refractivity contribution is 0.0298. The highest BCUT2D eigenvalue weighted by molar-refractivity contribution is 5.85. The van der Waals surface area contributed by atoms with E-state index in [0.717, 1.165) is 58.8 Å². The minimum atomic E-state index is 0. The lowest BCUT2D eigenvalue weighted by atomic mass is 9.85. The monoisotopic (exact) mass is 320 g/mol. The van der Waals surface area contributed by atoms with Gasteiger partial charge in [-0.2, -0.15) is 0 Å². The molecule has 0 amide bonds. The molecule has 2 rings (SSSR count). The quantitative estimate of drug-likeness (QED) is 0.547. The summed E-state index contributed by atoms with van der Waals surface area (Å²) in [5.74, 6) is 0. The summed E-state index contributed by atoms with van der Waals surface area (Å²) >= 11 is 0. The van der Waals surface area contributed by atoms with E-state index < -0.39 is 0 Å². The molecule has 0 bridgehead atoms. The zero-order valence-electron chi connectivity index (χ0n) is 14.1. The molecule has 2 aliphatic heterocycles. The van der Waals surface area contributed by atoms with E-state index in [2.05, 4.69) is 37.5 Å². The Morgan fingerprint density at radius 2 is 1.29 bits per heavy atom. The summed E-state index contributed by atoms with van der Waals surface area (Å²) in [6.45, 7) is 16.6. The van der Waals surface area contributed by atoms with E-state index in [1.807, 2.05) is 0 Å². The molecule has 0 aromatic carbocycles. The number of ether oxygens (including phenoxy) is 2. The van der Waals surface area contributed by atoms with Crippen LogP contribution in [0.2, 0.25) is 0 Å². The Morgan fingerprint density at radius 3 is 1.57 bits per heavy atom. The average Bonchev–Trinajstić information content (AvgIpc) is 3.34. The van der Waals surface area contributed by atoms with Crippen molar-refractivity contribution in [3.63, 3.8) is 0 Å². The SMILES string of the molecule is CCN(CC)CC(CC1CO1)(CC1CO1)N(CC)CC.Cl. The fourth-order valence-corrected chi connectivity index (χ4v) is 3.55. The van der Waals surface area contributed by atoms with Crippen molar-refractivity contribution in [1.29, 1.82) is 0 Å². The van der Waals surface area contributed by atoms with Gasteiger partial charge in [-0.25, -0.2) is 0 Å². The van der Waals surface area contributed by atoms with Gasteiger partial charge >= 0.3 is 0 Å². The highest BCUT2D eigenvalue weighted by Gasteiger charge is 2.46. The van der Waals surface area contributed by atoms with Crippen LogP contribution in [-0.2, 0) is 9.47 Å². The summed E-state index contributed by atoms with van der Waals surface area (Å²) in [6, 6.07) is 0. The van der Waals surface area contributed by atoms with Gasteiger partial charge < -0.3 is 14.4 Å². The van der Waals surface area contributed by atoms with Gasteiger partial charge in [0.2, 0.25) is 0 Å². The van der Waals surface area contributed by atoms with Gasteiger partial charge in [-0.3, -0.25) is 4.90 Å². The van der Waals surface area contributed by atoms with Crippen LogP contribution >= 0.6 is 12.4 Å². The van der Waals surface area contributed by atoms with Gasteiger partial charge in [-0.1, -0.05) is 27.7 Å². The van der Waals surface area contributed by atoms with Gasteiger partial charge in [0, 0.05) is 12.1 Å². The summed E-state index contributed by atoms with van der Waals surface area (Å²) in [5, 5.41) is 0. The number of rotatable bonds is 11. The Hall–Kier alpha value is 0.130. The molecule has 0 spiro atoms. The van der Waals surface area contributed by atoms with Gasteiger partial charge in [0.1, 0.15) is 0 Å². The first-order chi connectivity index (χ1) is 9.67. The van der Waals surface area contributed by atoms with Crippen LogP contribution in [0.15, 0.2) is 0 Å². The molecule has 2 saturated heterocycles.